The summed E-state index contributed by atoms with van der Waals surface area (Å²) in [4.78, 5) is 24.2. The summed E-state index contributed by atoms with van der Waals surface area (Å²) < 4.78 is 40.3. The lowest BCUT2D eigenvalue weighted by molar-refractivity contribution is -0.138. The Kier molecular flexibility index (Phi) is 5.19. The molecule has 1 fully saturated rings. The highest BCUT2D eigenvalue weighted by atomic mass is 19.4. The minimum Gasteiger partial charge on any atom is -0.481 e. The van der Waals surface area contributed by atoms with Crippen LogP contribution in [0.25, 0.3) is 5.65 Å². The van der Waals surface area contributed by atoms with Crippen molar-refractivity contribution in [2.45, 2.75) is 31.4 Å². The molecule has 0 radical (unpaired) electrons. The van der Waals surface area contributed by atoms with E-state index in [0.717, 1.165) is 12.3 Å². The van der Waals surface area contributed by atoms with Crippen LogP contribution in [0.5, 0.6) is 0 Å². The molecular formula is C16H18F3N5O3. The van der Waals surface area contributed by atoms with Crippen LogP contribution in [0, 0.1) is 0 Å². The number of halogens is 3. The summed E-state index contributed by atoms with van der Waals surface area (Å²) in [6, 6.07) is 1.82. The number of piperidine rings is 1. The zero-order valence-electron chi connectivity index (χ0n) is 14.2. The third-order valence-corrected chi connectivity index (χ3v) is 4.44. The Morgan fingerprint density at radius 1 is 1.30 bits per heavy atom. The number of rotatable bonds is 4. The largest absolute Gasteiger partial charge is 0.481 e. The van der Waals surface area contributed by atoms with Crippen LogP contribution in [0.4, 0.5) is 18.0 Å². The zero-order chi connectivity index (χ0) is 19.6. The van der Waals surface area contributed by atoms with Crippen LogP contribution in [0.2, 0.25) is 0 Å². The fraction of sp³-hybridized carbons (Fsp3) is 0.500. The molecule has 1 aliphatic rings. The van der Waals surface area contributed by atoms with Gasteiger partial charge in [0.2, 0.25) is 0 Å². The van der Waals surface area contributed by atoms with Crippen molar-refractivity contribution < 1.29 is 27.9 Å². The smallest absolute Gasteiger partial charge is 0.417 e. The average molecular weight is 385 g/mol. The second kappa shape index (κ2) is 7.41. The van der Waals surface area contributed by atoms with Gasteiger partial charge in [0.1, 0.15) is 5.82 Å². The molecule has 1 unspecified atom stereocenters. The Bertz CT molecular complexity index is 851. The van der Waals surface area contributed by atoms with Crippen LogP contribution in [-0.2, 0) is 11.0 Å². The fourth-order valence-electron chi connectivity index (χ4n) is 3.12. The maximum absolute atomic E-state index is 13.0. The van der Waals surface area contributed by atoms with E-state index < -0.39 is 23.7 Å². The lowest BCUT2D eigenvalue weighted by Gasteiger charge is -2.32. The molecule has 3 rings (SSSR count). The number of hydrogen-bond donors (Lipinski definition) is 2. The summed E-state index contributed by atoms with van der Waals surface area (Å²) in [6.45, 7) is 0.772. The number of alkyl halides is 3. The number of nitrogens with one attached hydrogen (secondary N) is 1. The van der Waals surface area contributed by atoms with Crippen LogP contribution in [0.1, 0.15) is 36.6 Å². The van der Waals surface area contributed by atoms with Gasteiger partial charge in [-0.15, -0.1) is 10.2 Å². The number of amides is 2. The van der Waals surface area contributed by atoms with E-state index in [-0.39, 0.29) is 25.4 Å². The van der Waals surface area contributed by atoms with E-state index in [2.05, 4.69) is 15.5 Å². The molecule has 2 amide bonds. The topological polar surface area (TPSA) is 99.8 Å². The van der Waals surface area contributed by atoms with E-state index in [9.17, 15) is 22.8 Å². The number of carboxylic acids is 1. The van der Waals surface area contributed by atoms with E-state index in [0.29, 0.717) is 30.9 Å². The Morgan fingerprint density at radius 2 is 2.07 bits per heavy atom. The summed E-state index contributed by atoms with van der Waals surface area (Å²) in [7, 11) is 0. The van der Waals surface area contributed by atoms with Crippen molar-refractivity contribution in [1.82, 2.24) is 24.8 Å². The minimum atomic E-state index is -4.47. The number of aromatic nitrogens is 3. The van der Waals surface area contributed by atoms with Gasteiger partial charge < -0.3 is 15.3 Å². The SMILES string of the molecule is O=C(O)CCNC(=O)N1CCCC(c2nnc3ccc(C(F)(F)F)cn23)C1. The van der Waals surface area contributed by atoms with Crippen LogP contribution >= 0.6 is 0 Å². The summed E-state index contributed by atoms with van der Waals surface area (Å²) in [5, 5.41) is 19.1. The zero-order valence-corrected chi connectivity index (χ0v) is 14.2. The predicted molar refractivity (Wildman–Crippen MR) is 87.2 cm³/mol. The van der Waals surface area contributed by atoms with E-state index in [1.54, 1.807) is 0 Å². The Labute approximate surface area is 152 Å². The summed E-state index contributed by atoms with van der Waals surface area (Å²) in [5.74, 6) is -0.899. The first kappa shape index (κ1) is 18.9. The molecule has 0 aliphatic carbocycles. The lowest BCUT2D eigenvalue weighted by Crippen LogP contribution is -2.45. The van der Waals surface area contributed by atoms with Gasteiger partial charge in [-0.05, 0) is 25.0 Å². The van der Waals surface area contributed by atoms with E-state index in [4.69, 9.17) is 5.11 Å². The molecule has 8 nitrogen and oxygen atoms in total. The van der Waals surface area contributed by atoms with Gasteiger partial charge in [0.05, 0.1) is 12.0 Å². The quantitative estimate of drug-likeness (QED) is 0.840. The van der Waals surface area contributed by atoms with Gasteiger partial charge in [0.25, 0.3) is 0 Å². The van der Waals surface area contributed by atoms with Crippen LogP contribution < -0.4 is 5.32 Å². The number of pyridine rings is 1. The van der Waals surface area contributed by atoms with Crippen LogP contribution in [0.15, 0.2) is 18.3 Å². The van der Waals surface area contributed by atoms with Crippen molar-refractivity contribution in [2.24, 2.45) is 0 Å². The summed E-state index contributed by atoms with van der Waals surface area (Å²) >= 11 is 0. The number of urea groups is 1. The molecule has 0 spiro atoms. The molecule has 2 aromatic heterocycles. The first-order valence-corrected chi connectivity index (χ1v) is 8.42. The van der Waals surface area contributed by atoms with Crippen molar-refractivity contribution in [3.8, 4) is 0 Å². The molecule has 0 saturated carbocycles. The molecule has 11 heteroatoms. The summed E-state index contributed by atoms with van der Waals surface area (Å²) in [6.07, 6.45) is -2.37. The third-order valence-electron chi connectivity index (χ3n) is 4.44. The van der Waals surface area contributed by atoms with Crippen molar-refractivity contribution in [1.29, 1.82) is 0 Å². The molecule has 2 N–H and O–H groups in total. The fourth-order valence-corrected chi connectivity index (χ4v) is 3.12. The molecule has 3 heterocycles. The Balaban J connectivity index is 1.76. The number of hydrogen-bond acceptors (Lipinski definition) is 4. The molecule has 0 bridgehead atoms. The second-order valence-corrected chi connectivity index (χ2v) is 6.36. The van der Waals surface area contributed by atoms with Crippen LogP contribution in [0.3, 0.4) is 0 Å². The number of nitrogens with zero attached hydrogens (tertiary/aromatic N) is 4. The van der Waals surface area contributed by atoms with Gasteiger partial charge in [-0.1, -0.05) is 0 Å². The lowest BCUT2D eigenvalue weighted by atomic mass is 9.97. The monoisotopic (exact) mass is 385 g/mol. The Morgan fingerprint density at radius 3 is 2.78 bits per heavy atom. The van der Waals surface area contributed by atoms with Gasteiger partial charge in [-0.3, -0.25) is 9.20 Å². The minimum absolute atomic E-state index is 0.0120. The average Bonchev–Trinajstić information content (AvgIpc) is 3.04. The Hall–Kier alpha value is -2.85. The molecule has 27 heavy (non-hydrogen) atoms. The molecule has 146 valence electrons. The second-order valence-electron chi connectivity index (χ2n) is 6.36. The van der Waals surface area contributed by atoms with Crippen molar-refractivity contribution in [2.75, 3.05) is 19.6 Å². The van der Waals surface area contributed by atoms with Gasteiger partial charge in [0, 0.05) is 31.7 Å². The van der Waals surface area contributed by atoms with Gasteiger partial charge >= 0.3 is 18.2 Å². The molecule has 1 aliphatic heterocycles. The standard InChI is InChI=1S/C16H18F3N5O3/c17-16(18,19)11-3-4-12-21-22-14(24(12)9-11)10-2-1-7-23(8-10)15(27)20-6-5-13(25)26/h3-4,9-10H,1-2,5-8H2,(H,20,27)(H,25,26). The number of aliphatic carboxylic acids is 1. The summed E-state index contributed by atoms with van der Waals surface area (Å²) in [5.41, 5.74) is -0.490. The number of carbonyl (C=O) groups excluding carboxylic acids is 1. The number of likely N-dealkylation sites (tertiary alicyclic amines) is 1. The van der Waals surface area contributed by atoms with E-state index >= 15 is 0 Å². The first-order valence-electron chi connectivity index (χ1n) is 8.42. The van der Waals surface area contributed by atoms with E-state index in [1.807, 2.05) is 0 Å². The number of carboxylic acid groups (broad SMARTS) is 1. The van der Waals surface area contributed by atoms with Gasteiger partial charge in [-0.25, -0.2) is 4.79 Å². The first-order chi connectivity index (χ1) is 12.8. The molecule has 1 atom stereocenters. The maximum Gasteiger partial charge on any atom is 0.417 e. The van der Waals surface area contributed by atoms with Crippen molar-refractivity contribution in [3.63, 3.8) is 0 Å². The highest BCUT2D eigenvalue weighted by molar-refractivity contribution is 5.75. The van der Waals surface area contributed by atoms with Crippen LogP contribution in [-0.4, -0.2) is 56.2 Å². The molecule has 0 aromatic carbocycles. The predicted octanol–water partition coefficient (Wildman–Crippen LogP) is 2.11. The highest BCUT2D eigenvalue weighted by Crippen LogP contribution is 2.31. The maximum atomic E-state index is 13.0. The van der Waals surface area contributed by atoms with Gasteiger partial charge in [-0.2, -0.15) is 13.2 Å². The molecule has 2 aromatic rings. The van der Waals surface area contributed by atoms with Crippen molar-refractivity contribution in [3.05, 3.63) is 29.7 Å². The third kappa shape index (κ3) is 4.29. The van der Waals surface area contributed by atoms with Crippen molar-refractivity contribution >= 4 is 17.6 Å². The molecule has 1 saturated heterocycles. The molecular weight excluding hydrogens is 367 g/mol. The highest BCUT2D eigenvalue weighted by Gasteiger charge is 2.32. The normalized spacial score (nSPS) is 17.9. The number of fused-ring (bicyclic) bond motifs is 1. The number of carbonyl (C=O) groups is 2. The van der Waals surface area contributed by atoms with E-state index in [1.165, 1.54) is 15.4 Å². The van der Waals surface area contributed by atoms with Gasteiger partial charge in [0.15, 0.2) is 5.65 Å².